The molecule has 1 aromatic heterocycles. The van der Waals surface area contributed by atoms with E-state index in [1.807, 2.05) is 32.0 Å². The monoisotopic (exact) mass is 257 g/mol. The summed E-state index contributed by atoms with van der Waals surface area (Å²) in [6, 6.07) is 6.05. The standard InChI is InChI=1S/C14H19N5/c1-9(2)7-16-14(15)17-8-12-18-11-6-4-5-10(3)13(11)19-12/h4-6H,1,7-8H2,2-3H3,(H,18,19)(H3,15,16,17). The van der Waals surface area contributed by atoms with Crippen molar-refractivity contribution in [2.75, 3.05) is 6.54 Å². The predicted molar refractivity (Wildman–Crippen MR) is 79.0 cm³/mol. The highest BCUT2D eigenvalue weighted by Gasteiger charge is 2.04. The minimum absolute atomic E-state index is 0.403. The second-order valence-electron chi connectivity index (χ2n) is 4.67. The Bertz CT molecular complexity index is 624. The van der Waals surface area contributed by atoms with Gasteiger partial charge in [0.15, 0.2) is 5.96 Å². The molecule has 1 heterocycles. The quantitative estimate of drug-likeness (QED) is 0.444. The van der Waals surface area contributed by atoms with Crippen LogP contribution in [-0.2, 0) is 6.54 Å². The van der Waals surface area contributed by atoms with E-state index in [2.05, 4.69) is 26.9 Å². The van der Waals surface area contributed by atoms with Gasteiger partial charge in [-0.25, -0.2) is 9.98 Å². The van der Waals surface area contributed by atoms with E-state index >= 15 is 0 Å². The van der Waals surface area contributed by atoms with Crippen molar-refractivity contribution in [3.8, 4) is 0 Å². The Hall–Kier alpha value is -2.30. The maximum atomic E-state index is 5.75. The third-order valence-corrected chi connectivity index (χ3v) is 2.73. The van der Waals surface area contributed by atoms with Gasteiger partial charge in [0, 0.05) is 6.54 Å². The van der Waals surface area contributed by atoms with Crippen molar-refractivity contribution < 1.29 is 0 Å². The molecule has 19 heavy (non-hydrogen) atoms. The molecule has 0 radical (unpaired) electrons. The molecule has 0 spiro atoms. The number of benzene rings is 1. The van der Waals surface area contributed by atoms with Gasteiger partial charge in [0.05, 0.1) is 11.0 Å². The number of aromatic amines is 1. The number of H-pyrrole nitrogens is 1. The van der Waals surface area contributed by atoms with E-state index in [-0.39, 0.29) is 0 Å². The van der Waals surface area contributed by atoms with Gasteiger partial charge in [-0.3, -0.25) is 0 Å². The van der Waals surface area contributed by atoms with Gasteiger partial charge in [-0.2, -0.15) is 0 Å². The first kappa shape index (κ1) is 13.1. The van der Waals surface area contributed by atoms with Crippen molar-refractivity contribution in [2.45, 2.75) is 20.4 Å². The maximum Gasteiger partial charge on any atom is 0.189 e. The van der Waals surface area contributed by atoms with Crippen LogP contribution in [-0.4, -0.2) is 22.5 Å². The van der Waals surface area contributed by atoms with Crippen LogP contribution in [0.25, 0.3) is 11.0 Å². The number of aryl methyl sites for hydroxylation is 1. The molecule has 0 fully saturated rings. The van der Waals surface area contributed by atoms with Crippen LogP contribution in [0, 0.1) is 6.92 Å². The second-order valence-corrected chi connectivity index (χ2v) is 4.67. The summed E-state index contributed by atoms with van der Waals surface area (Å²) in [5.41, 5.74) is 9.93. The highest BCUT2D eigenvalue weighted by Crippen LogP contribution is 2.15. The van der Waals surface area contributed by atoms with Gasteiger partial charge < -0.3 is 16.0 Å². The molecule has 0 atom stereocenters. The van der Waals surface area contributed by atoms with Crippen LogP contribution in [0.3, 0.4) is 0 Å². The number of nitrogens with two attached hydrogens (primary N) is 1. The average Bonchev–Trinajstić information content (AvgIpc) is 2.78. The van der Waals surface area contributed by atoms with Crippen LogP contribution in [0.2, 0.25) is 0 Å². The van der Waals surface area contributed by atoms with Crippen LogP contribution >= 0.6 is 0 Å². The van der Waals surface area contributed by atoms with E-state index in [1.54, 1.807) is 0 Å². The molecular formula is C14H19N5. The van der Waals surface area contributed by atoms with Gasteiger partial charge in [0.1, 0.15) is 12.4 Å². The van der Waals surface area contributed by atoms with Crippen LogP contribution in [0.5, 0.6) is 0 Å². The Morgan fingerprint density at radius 1 is 1.53 bits per heavy atom. The zero-order valence-electron chi connectivity index (χ0n) is 11.3. The van der Waals surface area contributed by atoms with Crippen molar-refractivity contribution in [1.82, 2.24) is 15.3 Å². The molecule has 2 rings (SSSR count). The number of nitrogens with zero attached hydrogens (tertiary/aromatic N) is 2. The van der Waals surface area contributed by atoms with Crippen molar-refractivity contribution in [3.05, 3.63) is 41.7 Å². The molecule has 0 aliphatic carbocycles. The van der Waals surface area contributed by atoms with Crippen molar-refractivity contribution in [2.24, 2.45) is 10.7 Å². The van der Waals surface area contributed by atoms with Crippen LogP contribution in [0.4, 0.5) is 0 Å². The van der Waals surface area contributed by atoms with Gasteiger partial charge in [0.25, 0.3) is 0 Å². The Balaban J connectivity index is 2.07. The molecule has 5 nitrogen and oxygen atoms in total. The maximum absolute atomic E-state index is 5.75. The lowest BCUT2D eigenvalue weighted by atomic mass is 10.2. The molecule has 0 saturated heterocycles. The number of para-hydroxylation sites is 1. The summed E-state index contributed by atoms with van der Waals surface area (Å²) in [6.45, 7) is 8.83. The van der Waals surface area contributed by atoms with E-state index in [4.69, 9.17) is 5.73 Å². The third kappa shape index (κ3) is 3.34. The van der Waals surface area contributed by atoms with Crippen molar-refractivity contribution in [1.29, 1.82) is 0 Å². The molecule has 4 N–H and O–H groups in total. The molecule has 5 heteroatoms. The van der Waals surface area contributed by atoms with Crippen molar-refractivity contribution >= 4 is 17.0 Å². The smallest absolute Gasteiger partial charge is 0.189 e. The minimum atomic E-state index is 0.403. The molecule has 2 aromatic rings. The number of aromatic nitrogens is 2. The number of nitrogens with one attached hydrogen (secondary N) is 2. The summed E-state index contributed by atoms with van der Waals surface area (Å²) in [4.78, 5) is 12.0. The lowest BCUT2D eigenvalue weighted by molar-refractivity contribution is 0.908. The van der Waals surface area contributed by atoms with Crippen LogP contribution < -0.4 is 11.1 Å². The highest BCUT2D eigenvalue weighted by molar-refractivity contribution is 5.79. The number of hydrogen-bond acceptors (Lipinski definition) is 2. The topological polar surface area (TPSA) is 79.1 Å². The van der Waals surface area contributed by atoms with E-state index in [0.29, 0.717) is 19.0 Å². The number of imidazole rings is 1. The van der Waals surface area contributed by atoms with Gasteiger partial charge in [-0.1, -0.05) is 24.3 Å². The number of fused-ring (bicyclic) bond motifs is 1. The Morgan fingerprint density at radius 3 is 3.00 bits per heavy atom. The molecule has 0 amide bonds. The van der Waals surface area contributed by atoms with E-state index < -0.39 is 0 Å². The van der Waals surface area contributed by atoms with Gasteiger partial charge in [-0.05, 0) is 25.5 Å². The van der Waals surface area contributed by atoms with E-state index in [9.17, 15) is 0 Å². The summed E-state index contributed by atoms with van der Waals surface area (Å²) in [5.74, 6) is 1.21. The van der Waals surface area contributed by atoms with Gasteiger partial charge in [0.2, 0.25) is 0 Å². The minimum Gasteiger partial charge on any atom is -0.370 e. The number of aliphatic imine (C=N–C) groups is 1. The SMILES string of the molecule is C=C(C)CNC(N)=NCc1nc2c(C)cccc2[nH]1. The van der Waals surface area contributed by atoms with Gasteiger partial charge >= 0.3 is 0 Å². The Morgan fingerprint density at radius 2 is 2.32 bits per heavy atom. The van der Waals surface area contributed by atoms with E-state index in [1.165, 1.54) is 0 Å². The lowest BCUT2D eigenvalue weighted by Gasteiger charge is -2.03. The molecule has 0 aliphatic heterocycles. The Kier molecular flexibility index (Phi) is 3.85. The molecular weight excluding hydrogens is 238 g/mol. The normalized spacial score (nSPS) is 11.8. The fourth-order valence-corrected chi connectivity index (χ4v) is 1.76. The first-order valence-corrected chi connectivity index (χ1v) is 6.18. The molecule has 0 saturated carbocycles. The van der Waals surface area contributed by atoms with Crippen LogP contribution in [0.15, 0.2) is 35.3 Å². The lowest BCUT2D eigenvalue weighted by Crippen LogP contribution is -2.32. The first-order valence-electron chi connectivity index (χ1n) is 6.18. The highest BCUT2D eigenvalue weighted by atomic mass is 15.1. The summed E-state index contributed by atoms with van der Waals surface area (Å²) < 4.78 is 0. The zero-order valence-corrected chi connectivity index (χ0v) is 11.3. The molecule has 100 valence electrons. The summed E-state index contributed by atoms with van der Waals surface area (Å²) in [7, 11) is 0. The average molecular weight is 257 g/mol. The summed E-state index contributed by atoms with van der Waals surface area (Å²) >= 11 is 0. The first-order chi connectivity index (χ1) is 9.06. The second kappa shape index (κ2) is 5.56. The van der Waals surface area contributed by atoms with Gasteiger partial charge in [-0.15, -0.1) is 0 Å². The fourth-order valence-electron chi connectivity index (χ4n) is 1.76. The molecule has 1 aromatic carbocycles. The molecule has 0 unspecified atom stereocenters. The Labute approximate surface area is 112 Å². The largest absolute Gasteiger partial charge is 0.370 e. The summed E-state index contributed by atoms with van der Waals surface area (Å²) in [6.07, 6.45) is 0. The molecule has 0 bridgehead atoms. The van der Waals surface area contributed by atoms with E-state index in [0.717, 1.165) is 28.0 Å². The zero-order chi connectivity index (χ0) is 13.8. The number of guanidine groups is 1. The summed E-state index contributed by atoms with van der Waals surface area (Å²) in [5, 5.41) is 2.98. The third-order valence-electron chi connectivity index (χ3n) is 2.73. The number of hydrogen-bond donors (Lipinski definition) is 3. The van der Waals surface area contributed by atoms with Crippen molar-refractivity contribution in [3.63, 3.8) is 0 Å². The fraction of sp³-hybridized carbons (Fsp3) is 0.286. The number of rotatable bonds is 4. The van der Waals surface area contributed by atoms with Crippen LogP contribution in [0.1, 0.15) is 18.3 Å². The predicted octanol–water partition coefficient (Wildman–Crippen LogP) is 1.85. The molecule has 0 aliphatic rings.